The van der Waals surface area contributed by atoms with Crippen LogP contribution < -0.4 is 10.8 Å². The van der Waals surface area contributed by atoms with Crippen LogP contribution in [0.2, 0.25) is 0 Å². The molecular formula is C21H18F2N2O3. The molecule has 2 aromatic rings. The van der Waals surface area contributed by atoms with E-state index in [1.807, 2.05) is 0 Å². The second-order valence-electron chi connectivity index (χ2n) is 6.41. The van der Waals surface area contributed by atoms with E-state index in [1.165, 1.54) is 23.7 Å². The maximum Gasteiger partial charge on any atom is 0.267 e. The zero-order valence-corrected chi connectivity index (χ0v) is 14.8. The van der Waals surface area contributed by atoms with Gasteiger partial charge in [-0.3, -0.25) is 14.8 Å². The van der Waals surface area contributed by atoms with Gasteiger partial charge in [0.1, 0.15) is 0 Å². The molecule has 0 spiro atoms. The Morgan fingerprint density at radius 3 is 2.29 bits per heavy atom. The lowest BCUT2D eigenvalue weighted by molar-refractivity contribution is -0.124. The minimum Gasteiger partial charge on any atom is -0.349 e. The lowest BCUT2D eigenvalue weighted by atomic mass is 10.0. The van der Waals surface area contributed by atoms with E-state index >= 15 is 0 Å². The summed E-state index contributed by atoms with van der Waals surface area (Å²) in [6, 6.07) is 10.3. The number of hydroxylamine groups is 1. The van der Waals surface area contributed by atoms with E-state index in [1.54, 1.807) is 30.3 Å². The Balaban J connectivity index is 1.89. The first-order valence-electron chi connectivity index (χ1n) is 8.66. The standard InChI is InChI=1S/C21H18F2N2O3/c22-18-9-6-15(12-19(18)23)17(21(27)24-16-7-8-16)11-14-3-1-13(2-4-14)5-10-20(26)25-28/h1-6,9-12,16,28H,7-8H2,(H,24,27)(H,25,26)/b10-5+,17-11?. The average Bonchev–Trinajstić information content (AvgIpc) is 3.51. The van der Waals surface area contributed by atoms with Crippen molar-refractivity contribution in [2.45, 2.75) is 18.9 Å². The molecule has 2 aromatic carbocycles. The molecule has 0 atom stereocenters. The molecule has 3 N–H and O–H groups in total. The number of carbonyl (C=O) groups is 2. The van der Waals surface area contributed by atoms with Gasteiger partial charge in [0.15, 0.2) is 11.6 Å². The lowest BCUT2D eigenvalue weighted by Crippen LogP contribution is -2.26. The van der Waals surface area contributed by atoms with Crippen LogP contribution >= 0.6 is 0 Å². The highest BCUT2D eigenvalue weighted by molar-refractivity contribution is 6.24. The van der Waals surface area contributed by atoms with Crippen LogP contribution in [0.25, 0.3) is 17.7 Å². The van der Waals surface area contributed by atoms with Gasteiger partial charge in [-0.15, -0.1) is 0 Å². The number of benzene rings is 2. The van der Waals surface area contributed by atoms with Crippen LogP contribution in [0.5, 0.6) is 0 Å². The van der Waals surface area contributed by atoms with Crippen LogP contribution in [-0.4, -0.2) is 23.1 Å². The predicted octanol–water partition coefficient (Wildman–Crippen LogP) is 3.30. The Bertz CT molecular complexity index is 949. The molecule has 0 radical (unpaired) electrons. The van der Waals surface area contributed by atoms with E-state index in [0.29, 0.717) is 11.1 Å². The monoisotopic (exact) mass is 384 g/mol. The summed E-state index contributed by atoms with van der Waals surface area (Å²) >= 11 is 0. The molecule has 0 aliphatic heterocycles. The number of amides is 2. The van der Waals surface area contributed by atoms with E-state index in [0.717, 1.165) is 25.0 Å². The van der Waals surface area contributed by atoms with Gasteiger partial charge in [-0.25, -0.2) is 14.3 Å². The summed E-state index contributed by atoms with van der Waals surface area (Å²) in [4.78, 5) is 23.6. The third-order valence-electron chi connectivity index (χ3n) is 4.17. The normalized spacial score (nSPS) is 14.2. The average molecular weight is 384 g/mol. The zero-order valence-electron chi connectivity index (χ0n) is 14.8. The molecule has 7 heteroatoms. The summed E-state index contributed by atoms with van der Waals surface area (Å²) in [7, 11) is 0. The molecule has 1 saturated carbocycles. The molecule has 5 nitrogen and oxygen atoms in total. The molecule has 0 saturated heterocycles. The molecule has 0 heterocycles. The van der Waals surface area contributed by atoms with E-state index in [4.69, 9.17) is 5.21 Å². The van der Waals surface area contributed by atoms with Crippen molar-refractivity contribution >= 4 is 29.5 Å². The largest absolute Gasteiger partial charge is 0.349 e. The summed E-state index contributed by atoms with van der Waals surface area (Å²) in [5.41, 5.74) is 3.39. The second kappa shape index (κ2) is 8.58. The third kappa shape index (κ3) is 5.11. The fourth-order valence-electron chi connectivity index (χ4n) is 2.51. The van der Waals surface area contributed by atoms with Crippen molar-refractivity contribution < 1.29 is 23.6 Å². The third-order valence-corrected chi connectivity index (χ3v) is 4.17. The van der Waals surface area contributed by atoms with Crippen molar-refractivity contribution in [1.29, 1.82) is 0 Å². The maximum absolute atomic E-state index is 13.7. The van der Waals surface area contributed by atoms with Crippen LogP contribution in [0.1, 0.15) is 29.5 Å². The number of hydrogen-bond donors (Lipinski definition) is 3. The molecule has 28 heavy (non-hydrogen) atoms. The Morgan fingerprint density at radius 2 is 1.68 bits per heavy atom. The van der Waals surface area contributed by atoms with Crippen molar-refractivity contribution in [3.05, 3.63) is 76.9 Å². The highest BCUT2D eigenvalue weighted by Crippen LogP contribution is 2.24. The van der Waals surface area contributed by atoms with Crippen LogP contribution in [0.3, 0.4) is 0 Å². The van der Waals surface area contributed by atoms with Crippen LogP contribution in [0, 0.1) is 11.6 Å². The first-order valence-corrected chi connectivity index (χ1v) is 8.66. The minimum absolute atomic E-state index is 0.117. The van der Waals surface area contributed by atoms with E-state index < -0.39 is 17.5 Å². The second-order valence-corrected chi connectivity index (χ2v) is 6.41. The van der Waals surface area contributed by atoms with Crippen LogP contribution in [0.4, 0.5) is 8.78 Å². The van der Waals surface area contributed by atoms with Crippen molar-refractivity contribution in [3.8, 4) is 0 Å². The summed E-state index contributed by atoms with van der Waals surface area (Å²) in [5, 5.41) is 11.3. The van der Waals surface area contributed by atoms with Gasteiger partial charge in [0.25, 0.3) is 11.8 Å². The van der Waals surface area contributed by atoms with Crippen LogP contribution in [0.15, 0.2) is 48.5 Å². The first-order chi connectivity index (χ1) is 13.5. The highest BCUT2D eigenvalue weighted by Gasteiger charge is 2.25. The van der Waals surface area contributed by atoms with Gasteiger partial charge >= 0.3 is 0 Å². The SMILES string of the molecule is O=C(/C=C/c1ccc(C=C(C(=O)NC2CC2)c2ccc(F)c(F)c2)cc1)NO. The lowest BCUT2D eigenvalue weighted by Gasteiger charge is -2.10. The molecule has 1 aliphatic rings. The Labute approximate surface area is 160 Å². The summed E-state index contributed by atoms with van der Waals surface area (Å²) in [6.07, 6.45) is 6.08. The number of carbonyl (C=O) groups excluding carboxylic acids is 2. The molecule has 1 aliphatic carbocycles. The number of hydrogen-bond acceptors (Lipinski definition) is 3. The fraction of sp³-hybridized carbons (Fsp3) is 0.143. The Morgan fingerprint density at radius 1 is 1.00 bits per heavy atom. The molecule has 0 bridgehead atoms. The highest BCUT2D eigenvalue weighted by atomic mass is 19.2. The van der Waals surface area contributed by atoms with Gasteiger partial charge in [0.2, 0.25) is 0 Å². The number of halogens is 2. The van der Waals surface area contributed by atoms with Gasteiger partial charge in [0.05, 0.1) is 0 Å². The van der Waals surface area contributed by atoms with E-state index in [-0.39, 0.29) is 23.1 Å². The maximum atomic E-state index is 13.7. The smallest absolute Gasteiger partial charge is 0.267 e. The Hall–Kier alpha value is -3.32. The molecular weight excluding hydrogens is 366 g/mol. The quantitative estimate of drug-likeness (QED) is 0.310. The first kappa shape index (κ1) is 19.4. The molecule has 144 valence electrons. The van der Waals surface area contributed by atoms with Gasteiger partial charge in [-0.1, -0.05) is 30.3 Å². The van der Waals surface area contributed by atoms with E-state index in [2.05, 4.69) is 5.32 Å². The van der Waals surface area contributed by atoms with Crippen molar-refractivity contribution in [1.82, 2.24) is 10.8 Å². The van der Waals surface area contributed by atoms with Crippen molar-refractivity contribution in [3.63, 3.8) is 0 Å². The van der Waals surface area contributed by atoms with Crippen LogP contribution in [-0.2, 0) is 9.59 Å². The molecule has 2 amide bonds. The van der Waals surface area contributed by atoms with Gasteiger partial charge in [0, 0.05) is 17.7 Å². The predicted molar refractivity (Wildman–Crippen MR) is 101 cm³/mol. The summed E-state index contributed by atoms with van der Waals surface area (Å²) in [6.45, 7) is 0. The van der Waals surface area contributed by atoms with E-state index in [9.17, 15) is 18.4 Å². The van der Waals surface area contributed by atoms with Crippen molar-refractivity contribution in [2.75, 3.05) is 0 Å². The number of rotatable bonds is 6. The van der Waals surface area contributed by atoms with Gasteiger partial charge in [-0.05, 0) is 53.8 Å². The fourth-order valence-corrected chi connectivity index (χ4v) is 2.51. The number of nitrogens with one attached hydrogen (secondary N) is 2. The molecule has 3 rings (SSSR count). The minimum atomic E-state index is -1.02. The van der Waals surface area contributed by atoms with Gasteiger partial charge in [-0.2, -0.15) is 0 Å². The van der Waals surface area contributed by atoms with Crippen molar-refractivity contribution in [2.24, 2.45) is 0 Å². The topological polar surface area (TPSA) is 78.4 Å². The van der Waals surface area contributed by atoms with Gasteiger partial charge < -0.3 is 5.32 Å². The molecule has 0 unspecified atom stereocenters. The molecule has 1 fully saturated rings. The molecule has 0 aromatic heterocycles. The summed E-state index contributed by atoms with van der Waals surface area (Å²) in [5.74, 6) is -3.00. The zero-order chi connectivity index (χ0) is 20.1. The Kier molecular flexibility index (Phi) is 5.96. The summed E-state index contributed by atoms with van der Waals surface area (Å²) < 4.78 is 26.9.